The van der Waals surface area contributed by atoms with Crippen LogP contribution >= 0.6 is 0 Å². The molecule has 0 unspecified atom stereocenters. The van der Waals surface area contributed by atoms with Crippen LogP contribution in [0.25, 0.3) is 0 Å². The van der Waals surface area contributed by atoms with E-state index in [2.05, 4.69) is 0 Å². The van der Waals surface area contributed by atoms with Crippen LogP contribution in [0.15, 0.2) is 18.2 Å². The van der Waals surface area contributed by atoms with E-state index >= 15 is 0 Å². The summed E-state index contributed by atoms with van der Waals surface area (Å²) in [5.41, 5.74) is 7.76. The summed E-state index contributed by atoms with van der Waals surface area (Å²) in [5.74, 6) is -0.376. The summed E-state index contributed by atoms with van der Waals surface area (Å²) in [4.78, 5) is 13.6. The topological polar surface area (TPSA) is 75.8 Å². The van der Waals surface area contributed by atoms with E-state index in [0.29, 0.717) is 24.4 Å². The highest BCUT2D eigenvalue weighted by Gasteiger charge is 2.15. The fourth-order valence-corrected chi connectivity index (χ4v) is 1.92. The highest BCUT2D eigenvalue weighted by Crippen LogP contribution is 2.26. The van der Waals surface area contributed by atoms with Gasteiger partial charge in [-0.05, 0) is 39.0 Å². The Morgan fingerprint density at radius 1 is 1.47 bits per heavy atom. The van der Waals surface area contributed by atoms with Crippen molar-refractivity contribution in [2.45, 2.75) is 26.8 Å². The Bertz CT molecular complexity index is 433. The van der Waals surface area contributed by atoms with Crippen molar-refractivity contribution in [1.29, 1.82) is 0 Å². The fourth-order valence-electron chi connectivity index (χ4n) is 1.92. The lowest BCUT2D eigenvalue weighted by Crippen LogP contribution is -2.34. The first-order valence-corrected chi connectivity index (χ1v) is 6.45. The summed E-state index contributed by atoms with van der Waals surface area (Å²) in [6.07, 6.45) is 0. The normalized spacial score (nSPS) is 10.6. The molecule has 0 saturated heterocycles. The van der Waals surface area contributed by atoms with Crippen molar-refractivity contribution in [1.82, 2.24) is 0 Å². The molecule has 0 bridgehead atoms. The van der Waals surface area contributed by atoms with E-state index < -0.39 is 0 Å². The molecule has 0 aliphatic rings. The third-order valence-corrected chi connectivity index (χ3v) is 2.81. The van der Waals surface area contributed by atoms with Gasteiger partial charge in [0.2, 0.25) is 0 Å². The van der Waals surface area contributed by atoms with E-state index in [1.54, 1.807) is 25.1 Å². The van der Waals surface area contributed by atoms with Gasteiger partial charge < -0.3 is 20.5 Å². The molecule has 5 heteroatoms. The molecule has 5 nitrogen and oxygen atoms in total. The van der Waals surface area contributed by atoms with Crippen molar-refractivity contribution in [3.8, 4) is 0 Å². The minimum atomic E-state index is -0.376. The molecule has 0 heterocycles. The number of benzene rings is 1. The molecular weight excluding hydrogens is 244 g/mol. The zero-order valence-electron chi connectivity index (χ0n) is 11.7. The summed E-state index contributed by atoms with van der Waals surface area (Å²) in [6.45, 7) is 6.70. The SMILES string of the molecule is CCOC(=O)c1ccc(N(CCO)C(C)C)c(N)c1. The molecule has 0 aromatic heterocycles. The predicted molar refractivity (Wildman–Crippen MR) is 76.4 cm³/mol. The maximum atomic E-state index is 11.6. The molecule has 3 N–H and O–H groups in total. The van der Waals surface area contributed by atoms with Crippen LogP contribution in [-0.4, -0.2) is 36.9 Å². The van der Waals surface area contributed by atoms with E-state index in [4.69, 9.17) is 15.6 Å². The minimum Gasteiger partial charge on any atom is -0.462 e. The molecule has 0 saturated carbocycles. The van der Waals surface area contributed by atoms with Gasteiger partial charge in [0, 0.05) is 12.6 Å². The number of ether oxygens (including phenoxy) is 1. The number of aliphatic hydroxyl groups is 1. The highest BCUT2D eigenvalue weighted by atomic mass is 16.5. The average molecular weight is 266 g/mol. The van der Waals surface area contributed by atoms with E-state index in [-0.39, 0.29) is 18.6 Å². The monoisotopic (exact) mass is 266 g/mol. The molecule has 1 aromatic carbocycles. The van der Waals surface area contributed by atoms with Crippen LogP contribution in [0.4, 0.5) is 11.4 Å². The molecule has 0 spiro atoms. The number of hydrogen-bond donors (Lipinski definition) is 2. The maximum Gasteiger partial charge on any atom is 0.338 e. The third-order valence-electron chi connectivity index (χ3n) is 2.81. The van der Waals surface area contributed by atoms with E-state index in [1.165, 1.54) is 0 Å². The van der Waals surface area contributed by atoms with Crippen LogP contribution in [0.2, 0.25) is 0 Å². The van der Waals surface area contributed by atoms with Crippen LogP contribution in [0.5, 0.6) is 0 Å². The first kappa shape index (κ1) is 15.3. The van der Waals surface area contributed by atoms with Gasteiger partial charge in [0.15, 0.2) is 0 Å². The van der Waals surface area contributed by atoms with Gasteiger partial charge in [-0.15, -0.1) is 0 Å². The standard InChI is InChI=1S/C14H22N2O3/c1-4-19-14(18)11-5-6-13(12(15)9-11)16(7-8-17)10(2)3/h5-6,9-10,17H,4,7-8,15H2,1-3H3. The Hall–Kier alpha value is -1.75. The van der Waals surface area contributed by atoms with Crippen molar-refractivity contribution >= 4 is 17.3 Å². The number of nitrogens with zero attached hydrogens (tertiary/aromatic N) is 1. The van der Waals surface area contributed by atoms with Gasteiger partial charge in [0.25, 0.3) is 0 Å². The van der Waals surface area contributed by atoms with Crippen molar-refractivity contribution in [2.24, 2.45) is 0 Å². The molecular formula is C14H22N2O3. The number of hydrogen-bond acceptors (Lipinski definition) is 5. The van der Waals surface area contributed by atoms with E-state index in [0.717, 1.165) is 5.69 Å². The van der Waals surface area contributed by atoms with Gasteiger partial charge in [-0.25, -0.2) is 4.79 Å². The van der Waals surface area contributed by atoms with E-state index in [9.17, 15) is 4.79 Å². The van der Waals surface area contributed by atoms with Crippen LogP contribution in [0.1, 0.15) is 31.1 Å². The Kier molecular flexibility index (Phi) is 5.63. The Labute approximate surface area is 114 Å². The molecule has 106 valence electrons. The van der Waals surface area contributed by atoms with Crippen LogP contribution in [-0.2, 0) is 4.74 Å². The summed E-state index contributed by atoms with van der Waals surface area (Å²) in [5, 5.41) is 9.09. The number of aliphatic hydroxyl groups excluding tert-OH is 1. The maximum absolute atomic E-state index is 11.6. The summed E-state index contributed by atoms with van der Waals surface area (Å²) in [6, 6.07) is 5.30. The number of anilines is 2. The molecule has 1 aromatic rings. The van der Waals surface area contributed by atoms with Crippen LogP contribution < -0.4 is 10.6 Å². The Morgan fingerprint density at radius 2 is 2.16 bits per heavy atom. The second-order valence-electron chi connectivity index (χ2n) is 4.50. The highest BCUT2D eigenvalue weighted by molar-refractivity contribution is 5.92. The average Bonchev–Trinajstić information content (AvgIpc) is 2.36. The Morgan fingerprint density at radius 3 is 2.63 bits per heavy atom. The van der Waals surface area contributed by atoms with Gasteiger partial charge in [0.05, 0.1) is 30.2 Å². The van der Waals surface area contributed by atoms with Gasteiger partial charge >= 0.3 is 5.97 Å². The van der Waals surface area contributed by atoms with Gasteiger partial charge in [-0.2, -0.15) is 0 Å². The second kappa shape index (κ2) is 6.99. The van der Waals surface area contributed by atoms with Crippen molar-refractivity contribution in [3.63, 3.8) is 0 Å². The quantitative estimate of drug-likeness (QED) is 0.605. The zero-order valence-corrected chi connectivity index (χ0v) is 11.7. The lowest BCUT2D eigenvalue weighted by atomic mass is 10.1. The lowest BCUT2D eigenvalue weighted by Gasteiger charge is -2.29. The predicted octanol–water partition coefficient (Wildman–Crippen LogP) is 1.65. The Balaban J connectivity index is 3.01. The lowest BCUT2D eigenvalue weighted by molar-refractivity contribution is 0.0526. The molecule has 0 amide bonds. The molecule has 0 atom stereocenters. The summed E-state index contributed by atoms with van der Waals surface area (Å²) >= 11 is 0. The smallest absolute Gasteiger partial charge is 0.338 e. The molecule has 0 aliphatic heterocycles. The van der Waals surface area contributed by atoms with Gasteiger partial charge in [0.1, 0.15) is 0 Å². The molecule has 0 aliphatic carbocycles. The van der Waals surface area contributed by atoms with Crippen LogP contribution in [0.3, 0.4) is 0 Å². The fraction of sp³-hybridized carbons (Fsp3) is 0.500. The van der Waals surface area contributed by atoms with Crippen molar-refractivity contribution in [2.75, 3.05) is 30.4 Å². The largest absolute Gasteiger partial charge is 0.462 e. The minimum absolute atomic E-state index is 0.0528. The number of esters is 1. The van der Waals surface area contributed by atoms with Crippen molar-refractivity contribution in [3.05, 3.63) is 23.8 Å². The van der Waals surface area contributed by atoms with E-state index in [1.807, 2.05) is 18.7 Å². The van der Waals surface area contributed by atoms with Gasteiger partial charge in [-0.3, -0.25) is 0 Å². The number of nitrogen functional groups attached to an aromatic ring is 1. The second-order valence-corrected chi connectivity index (χ2v) is 4.50. The van der Waals surface area contributed by atoms with Gasteiger partial charge in [-0.1, -0.05) is 0 Å². The first-order valence-electron chi connectivity index (χ1n) is 6.45. The zero-order chi connectivity index (χ0) is 14.4. The summed E-state index contributed by atoms with van der Waals surface area (Å²) < 4.78 is 4.93. The van der Waals surface area contributed by atoms with Crippen LogP contribution in [0, 0.1) is 0 Å². The number of carbonyl (C=O) groups is 1. The number of carbonyl (C=O) groups excluding carboxylic acids is 1. The van der Waals surface area contributed by atoms with Crippen molar-refractivity contribution < 1.29 is 14.6 Å². The third kappa shape index (κ3) is 3.86. The summed E-state index contributed by atoms with van der Waals surface area (Å²) in [7, 11) is 0. The number of rotatable bonds is 6. The number of nitrogens with two attached hydrogens (primary N) is 1. The molecule has 0 radical (unpaired) electrons. The first-order chi connectivity index (χ1) is 9.01. The molecule has 0 fully saturated rings. The molecule has 1 rings (SSSR count). The molecule has 19 heavy (non-hydrogen) atoms.